The zero-order valence-corrected chi connectivity index (χ0v) is 12.7. The molecule has 0 saturated heterocycles. The van der Waals surface area contributed by atoms with Crippen molar-refractivity contribution in [3.05, 3.63) is 82.5 Å². The number of fused-ring (bicyclic) bond motifs is 1. The van der Waals surface area contributed by atoms with Gasteiger partial charge < -0.3 is 0 Å². The van der Waals surface area contributed by atoms with Crippen LogP contribution in [0, 0.1) is 0 Å². The minimum absolute atomic E-state index is 0.158. The summed E-state index contributed by atoms with van der Waals surface area (Å²) in [6.45, 7) is 0. The van der Waals surface area contributed by atoms with Gasteiger partial charge in [-0.25, -0.2) is 9.67 Å². The molecular weight excluding hydrogens is 312 g/mol. The number of para-hydroxylation sites is 1. The van der Waals surface area contributed by atoms with E-state index in [4.69, 9.17) is 11.6 Å². The second-order valence-corrected chi connectivity index (χ2v) is 5.47. The van der Waals surface area contributed by atoms with Gasteiger partial charge in [0, 0.05) is 5.02 Å². The van der Waals surface area contributed by atoms with Gasteiger partial charge in [-0.2, -0.15) is 5.10 Å². The fourth-order valence-electron chi connectivity index (χ4n) is 2.48. The van der Waals surface area contributed by atoms with E-state index in [-0.39, 0.29) is 5.56 Å². The quantitative estimate of drug-likeness (QED) is 0.569. The number of hydrogen-bond donors (Lipinski definition) is 0. The van der Waals surface area contributed by atoms with E-state index in [0.717, 1.165) is 11.4 Å². The Labute approximate surface area is 136 Å². The highest BCUT2D eigenvalue weighted by molar-refractivity contribution is 6.30. The standard InChI is InChI=1S/C17H11ClN4O/c18-12-5-4-8-14(9-12)22-16-15(10-20-22)17(23)21(11-19-16)13-6-2-1-3-7-13/h1-11H. The van der Waals surface area contributed by atoms with Crippen LogP contribution in [0.2, 0.25) is 5.02 Å². The lowest BCUT2D eigenvalue weighted by Gasteiger charge is -2.06. The number of aromatic nitrogens is 4. The van der Waals surface area contributed by atoms with Gasteiger partial charge in [-0.3, -0.25) is 9.36 Å². The van der Waals surface area contributed by atoms with Gasteiger partial charge in [0.1, 0.15) is 11.7 Å². The predicted octanol–water partition coefficient (Wildman–Crippen LogP) is 3.22. The highest BCUT2D eigenvalue weighted by Gasteiger charge is 2.12. The molecule has 23 heavy (non-hydrogen) atoms. The number of halogens is 1. The Bertz CT molecular complexity index is 1050. The Balaban J connectivity index is 1.93. The van der Waals surface area contributed by atoms with Gasteiger partial charge in [-0.15, -0.1) is 0 Å². The zero-order valence-electron chi connectivity index (χ0n) is 11.9. The molecule has 0 aliphatic carbocycles. The van der Waals surface area contributed by atoms with Crippen LogP contribution in [0.4, 0.5) is 0 Å². The molecule has 0 radical (unpaired) electrons. The summed E-state index contributed by atoms with van der Waals surface area (Å²) in [4.78, 5) is 17.1. The summed E-state index contributed by atoms with van der Waals surface area (Å²) >= 11 is 6.02. The zero-order chi connectivity index (χ0) is 15.8. The molecule has 2 aromatic heterocycles. The van der Waals surface area contributed by atoms with Crippen molar-refractivity contribution in [2.45, 2.75) is 0 Å². The van der Waals surface area contributed by atoms with E-state index < -0.39 is 0 Å². The molecule has 0 N–H and O–H groups in total. The normalized spacial score (nSPS) is 11.0. The summed E-state index contributed by atoms with van der Waals surface area (Å²) in [5.41, 5.74) is 1.87. The molecule has 0 aliphatic rings. The monoisotopic (exact) mass is 322 g/mol. The van der Waals surface area contributed by atoms with Crippen molar-refractivity contribution in [2.24, 2.45) is 0 Å². The third-order valence-corrected chi connectivity index (χ3v) is 3.81. The van der Waals surface area contributed by atoms with E-state index >= 15 is 0 Å². The first kappa shape index (κ1) is 13.7. The van der Waals surface area contributed by atoms with Gasteiger partial charge in [-0.05, 0) is 30.3 Å². The van der Waals surface area contributed by atoms with E-state index in [1.807, 2.05) is 42.5 Å². The number of hydrogen-bond acceptors (Lipinski definition) is 3. The van der Waals surface area contributed by atoms with E-state index in [1.165, 1.54) is 17.1 Å². The molecule has 0 spiro atoms. The molecule has 0 fully saturated rings. The SMILES string of the molecule is O=c1c2cnn(-c3cccc(Cl)c3)c2ncn1-c1ccccc1. The van der Waals surface area contributed by atoms with Crippen LogP contribution in [-0.2, 0) is 0 Å². The van der Waals surface area contributed by atoms with Crippen LogP contribution in [0.5, 0.6) is 0 Å². The number of benzene rings is 2. The fourth-order valence-corrected chi connectivity index (χ4v) is 2.67. The molecule has 4 aromatic rings. The highest BCUT2D eigenvalue weighted by Crippen LogP contribution is 2.18. The lowest BCUT2D eigenvalue weighted by Crippen LogP contribution is -2.18. The third kappa shape index (κ3) is 2.31. The second-order valence-electron chi connectivity index (χ2n) is 5.03. The average molecular weight is 323 g/mol. The van der Waals surface area contributed by atoms with Crippen LogP contribution in [0.15, 0.2) is 71.9 Å². The van der Waals surface area contributed by atoms with Crippen molar-refractivity contribution in [3.8, 4) is 11.4 Å². The van der Waals surface area contributed by atoms with Crippen molar-refractivity contribution in [1.29, 1.82) is 0 Å². The van der Waals surface area contributed by atoms with Crippen molar-refractivity contribution in [2.75, 3.05) is 0 Å². The summed E-state index contributed by atoms with van der Waals surface area (Å²) in [5.74, 6) is 0. The molecule has 0 aliphatic heterocycles. The molecule has 6 heteroatoms. The fraction of sp³-hybridized carbons (Fsp3) is 0. The minimum atomic E-state index is -0.158. The van der Waals surface area contributed by atoms with Gasteiger partial charge in [0.2, 0.25) is 0 Å². The number of nitrogens with zero attached hydrogens (tertiary/aromatic N) is 4. The second kappa shape index (κ2) is 5.37. The maximum atomic E-state index is 12.7. The Morgan fingerprint density at radius 1 is 0.957 bits per heavy atom. The first-order valence-corrected chi connectivity index (χ1v) is 7.38. The van der Waals surface area contributed by atoms with Crippen LogP contribution < -0.4 is 5.56 Å². The molecule has 112 valence electrons. The predicted molar refractivity (Wildman–Crippen MR) is 89.5 cm³/mol. The summed E-state index contributed by atoms with van der Waals surface area (Å²) in [5, 5.41) is 5.34. The molecule has 4 rings (SSSR count). The van der Waals surface area contributed by atoms with Crippen LogP contribution in [0.3, 0.4) is 0 Å². The molecule has 0 atom stereocenters. The van der Waals surface area contributed by atoms with Crippen LogP contribution >= 0.6 is 11.6 Å². The lowest BCUT2D eigenvalue weighted by molar-refractivity contribution is 0.885. The Morgan fingerprint density at radius 2 is 1.74 bits per heavy atom. The summed E-state index contributed by atoms with van der Waals surface area (Å²) in [7, 11) is 0. The Kier molecular flexibility index (Phi) is 3.20. The van der Waals surface area contributed by atoms with Crippen LogP contribution in [0.1, 0.15) is 0 Å². The topological polar surface area (TPSA) is 52.7 Å². The first-order chi connectivity index (χ1) is 11.2. The molecule has 5 nitrogen and oxygen atoms in total. The van der Waals surface area contributed by atoms with Crippen molar-refractivity contribution in [1.82, 2.24) is 19.3 Å². The smallest absolute Gasteiger partial charge is 0.268 e. The molecule has 0 bridgehead atoms. The Hall–Kier alpha value is -2.92. The van der Waals surface area contributed by atoms with Crippen LogP contribution in [-0.4, -0.2) is 19.3 Å². The molecule has 0 unspecified atom stereocenters. The maximum Gasteiger partial charge on any atom is 0.269 e. The summed E-state index contributed by atoms with van der Waals surface area (Å²) < 4.78 is 3.12. The van der Waals surface area contributed by atoms with E-state index in [0.29, 0.717) is 16.1 Å². The van der Waals surface area contributed by atoms with E-state index in [1.54, 1.807) is 16.8 Å². The average Bonchev–Trinajstić information content (AvgIpc) is 3.01. The number of rotatable bonds is 2. The third-order valence-electron chi connectivity index (χ3n) is 3.58. The molecule has 0 saturated carbocycles. The highest BCUT2D eigenvalue weighted by atomic mass is 35.5. The summed E-state index contributed by atoms with van der Waals surface area (Å²) in [6.07, 6.45) is 3.05. The molecule has 0 amide bonds. The van der Waals surface area contributed by atoms with Crippen LogP contribution in [0.25, 0.3) is 22.4 Å². The van der Waals surface area contributed by atoms with E-state index in [2.05, 4.69) is 10.1 Å². The van der Waals surface area contributed by atoms with Crippen molar-refractivity contribution in [3.63, 3.8) is 0 Å². The molecule has 2 aromatic carbocycles. The maximum absolute atomic E-state index is 12.7. The van der Waals surface area contributed by atoms with Crippen molar-refractivity contribution < 1.29 is 0 Å². The minimum Gasteiger partial charge on any atom is -0.268 e. The van der Waals surface area contributed by atoms with Crippen molar-refractivity contribution >= 4 is 22.6 Å². The van der Waals surface area contributed by atoms with Gasteiger partial charge >= 0.3 is 0 Å². The van der Waals surface area contributed by atoms with Gasteiger partial charge in [0.25, 0.3) is 5.56 Å². The molecule has 2 heterocycles. The first-order valence-electron chi connectivity index (χ1n) is 7.01. The van der Waals surface area contributed by atoms with Gasteiger partial charge in [-0.1, -0.05) is 35.9 Å². The Morgan fingerprint density at radius 3 is 2.52 bits per heavy atom. The molecular formula is C17H11ClN4O. The van der Waals surface area contributed by atoms with E-state index in [9.17, 15) is 4.79 Å². The largest absolute Gasteiger partial charge is 0.269 e. The lowest BCUT2D eigenvalue weighted by atomic mass is 10.3. The van der Waals surface area contributed by atoms with Gasteiger partial charge in [0.05, 0.1) is 17.6 Å². The summed E-state index contributed by atoms with van der Waals surface area (Å²) in [6, 6.07) is 16.6. The van der Waals surface area contributed by atoms with Gasteiger partial charge in [0.15, 0.2) is 5.65 Å².